The second-order valence-corrected chi connectivity index (χ2v) is 6.00. The summed E-state index contributed by atoms with van der Waals surface area (Å²) in [5.74, 6) is -0.0197. The molecule has 2 aromatic rings. The van der Waals surface area contributed by atoms with E-state index >= 15 is 0 Å². The Morgan fingerprint density at radius 2 is 1.72 bits per heavy atom. The van der Waals surface area contributed by atoms with Gasteiger partial charge < -0.3 is 25.8 Å². The number of hydrogen-bond acceptors (Lipinski definition) is 5. The number of primary amides is 1. The molecule has 0 aliphatic carbocycles. The lowest BCUT2D eigenvalue weighted by Crippen LogP contribution is -2.33. The fourth-order valence-electron chi connectivity index (χ4n) is 2.41. The molecular weight excluding hydrogens is 374 g/mol. The molecule has 0 unspecified atom stereocenters. The van der Waals surface area contributed by atoms with Crippen molar-refractivity contribution in [2.24, 2.45) is 5.73 Å². The fraction of sp³-hybridized carbons (Fsp3) is 0.190. The average molecular weight is 397 g/mol. The quantitative estimate of drug-likeness (QED) is 0.550. The van der Waals surface area contributed by atoms with Gasteiger partial charge in [-0.05, 0) is 35.9 Å². The number of hydrogen-bond donors (Lipinski definition) is 3. The van der Waals surface area contributed by atoms with Crippen LogP contribution in [-0.4, -0.2) is 38.5 Å². The summed E-state index contributed by atoms with van der Waals surface area (Å²) in [6.45, 7) is 0.0774. The number of nitrogens with two attached hydrogens (primary N) is 1. The van der Waals surface area contributed by atoms with Crippen molar-refractivity contribution in [1.82, 2.24) is 10.6 Å². The van der Waals surface area contributed by atoms with Crippen LogP contribution in [-0.2, 0) is 16.1 Å². The molecule has 4 N–H and O–H groups in total. The molecule has 0 spiro atoms. The average Bonchev–Trinajstić information content (AvgIpc) is 2.74. The summed E-state index contributed by atoms with van der Waals surface area (Å²) in [5, 5.41) is 5.17. The van der Waals surface area contributed by atoms with Crippen LogP contribution in [0.4, 0.5) is 0 Å². The largest absolute Gasteiger partial charge is 0.497 e. The van der Waals surface area contributed by atoms with Gasteiger partial charge >= 0.3 is 0 Å². The highest BCUT2D eigenvalue weighted by Crippen LogP contribution is 2.25. The highest BCUT2D eigenvalue weighted by Gasteiger charge is 2.07. The third kappa shape index (κ3) is 6.69. The lowest BCUT2D eigenvalue weighted by molar-refractivity contribution is -0.117. The minimum absolute atomic E-state index is 0.220. The fourth-order valence-corrected chi connectivity index (χ4v) is 2.41. The van der Waals surface area contributed by atoms with Crippen LogP contribution in [0.5, 0.6) is 11.5 Å². The second-order valence-electron chi connectivity index (χ2n) is 6.00. The van der Waals surface area contributed by atoms with Crippen molar-refractivity contribution in [3.63, 3.8) is 0 Å². The molecular formula is C21H23N3O5. The Kier molecular flexibility index (Phi) is 7.78. The van der Waals surface area contributed by atoms with E-state index in [0.717, 1.165) is 11.1 Å². The minimum atomic E-state index is -0.613. The normalized spacial score (nSPS) is 10.4. The zero-order valence-electron chi connectivity index (χ0n) is 16.2. The van der Waals surface area contributed by atoms with Crippen LogP contribution in [0, 0.1) is 0 Å². The number of ether oxygens (including phenoxy) is 2. The van der Waals surface area contributed by atoms with Crippen LogP contribution >= 0.6 is 0 Å². The van der Waals surface area contributed by atoms with E-state index < -0.39 is 11.8 Å². The number of carbonyl (C=O) groups excluding carboxylic acids is 3. The first-order valence-corrected chi connectivity index (χ1v) is 8.76. The van der Waals surface area contributed by atoms with E-state index in [1.807, 2.05) is 0 Å². The van der Waals surface area contributed by atoms with Crippen molar-refractivity contribution >= 4 is 23.8 Å². The molecule has 0 bridgehead atoms. The van der Waals surface area contributed by atoms with Gasteiger partial charge in [-0.25, -0.2) is 0 Å². The molecule has 0 aliphatic heterocycles. The number of methoxy groups -OCH3 is 2. The number of carbonyl (C=O) groups is 3. The standard InChI is InChI=1S/C21H23N3O5/c1-28-17-9-7-15(18(11-17)29-2)8-10-20(26)23-12-14-3-5-16(6-4-14)21(27)24-13-19(22)25/h3-11H,12-13H2,1-2H3,(H2,22,25)(H,23,26)(H,24,27)/b10-8+. The molecule has 2 aromatic carbocycles. The SMILES string of the molecule is COc1ccc(/C=C/C(=O)NCc2ccc(C(=O)NCC(N)=O)cc2)c(OC)c1. The van der Waals surface area contributed by atoms with E-state index in [0.29, 0.717) is 23.6 Å². The summed E-state index contributed by atoms with van der Waals surface area (Å²) in [4.78, 5) is 34.6. The highest BCUT2D eigenvalue weighted by atomic mass is 16.5. The second kappa shape index (κ2) is 10.5. The van der Waals surface area contributed by atoms with Gasteiger partial charge in [0.1, 0.15) is 11.5 Å². The topological polar surface area (TPSA) is 120 Å². The number of benzene rings is 2. The van der Waals surface area contributed by atoms with Gasteiger partial charge in [0, 0.05) is 29.8 Å². The Hall–Kier alpha value is -3.81. The Morgan fingerprint density at radius 1 is 1.00 bits per heavy atom. The van der Waals surface area contributed by atoms with Crippen LogP contribution in [0.3, 0.4) is 0 Å². The molecule has 0 radical (unpaired) electrons. The Balaban J connectivity index is 1.90. The Morgan fingerprint density at radius 3 is 2.34 bits per heavy atom. The van der Waals surface area contributed by atoms with Gasteiger partial charge in [0.2, 0.25) is 11.8 Å². The monoisotopic (exact) mass is 397 g/mol. The molecule has 8 nitrogen and oxygen atoms in total. The zero-order valence-corrected chi connectivity index (χ0v) is 16.2. The van der Waals surface area contributed by atoms with Crippen LogP contribution in [0.2, 0.25) is 0 Å². The first-order chi connectivity index (χ1) is 13.9. The molecule has 0 fully saturated rings. The summed E-state index contributed by atoms with van der Waals surface area (Å²) in [6.07, 6.45) is 3.07. The predicted molar refractivity (Wildman–Crippen MR) is 108 cm³/mol. The first-order valence-electron chi connectivity index (χ1n) is 8.76. The van der Waals surface area contributed by atoms with E-state index in [4.69, 9.17) is 15.2 Å². The lowest BCUT2D eigenvalue weighted by atomic mass is 10.1. The molecule has 0 heterocycles. The maximum absolute atomic E-state index is 12.1. The van der Waals surface area contributed by atoms with Crippen molar-refractivity contribution in [2.45, 2.75) is 6.54 Å². The van der Waals surface area contributed by atoms with Crippen LogP contribution < -0.4 is 25.8 Å². The Bertz CT molecular complexity index is 907. The summed E-state index contributed by atoms with van der Waals surface area (Å²) >= 11 is 0. The van der Waals surface area contributed by atoms with Crippen molar-refractivity contribution in [3.8, 4) is 11.5 Å². The van der Waals surface area contributed by atoms with Crippen molar-refractivity contribution < 1.29 is 23.9 Å². The molecule has 0 aromatic heterocycles. The minimum Gasteiger partial charge on any atom is -0.497 e. The maximum atomic E-state index is 12.1. The number of amides is 3. The van der Waals surface area contributed by atoms with E-state index in [2.05, 4.69) is 10.6 Å². The number of nitrogens with one attached hydrogen (secondary N) is 2. The van der Waals surface area contributed by atoms with Crippen LogP contribution in [0.1, 0.15) is 21.5 Å². The molecule has 3 amide bonds. The van der Waals surface area contributed by atoms with Crippen LogP contribution in [0.25, 0.3) is 6.08 Å². The number of rotatable bonds is 9. The third-order valence-electron chi connectivity index (χ3n) is 3.96. The molecule has 0 aliphatic rings. The summed E-state index contributed by atoms with van der Waals surface area (Å²) < 4.78 is 10.4. The zero-order chi connectivity index (χ0) is 21.2. The predicted octanol–water partition coefficient (Wildman–Crippen LogP) is 1.25. The van der Waals surface area contributed by atoms with Gasteiger partial charge in [0.25, 0.3) is 5.91 Å². The van der Waals surface area contributed by atoms with Gasteiger partial charge in [-0.3, -0.25) is 14.4 Å². The van der Waals surface area contributed by atoms with Gasteiger partial charge in [0.15, 0.2) is 0 Å². The van der Waals surface area contributed by atoms with E-state index in [-0.39, 0.29) is 12.5 Å². The molecule has 8 heteroatoms. The van der Waals surface area contributed by atoms with Crippen molar-refractivity contribution in [3.05, 3.63) is 65.2 Å². The van der Waals surface area contributed by atoms with Gasteiger partial charge in [-0.1, -0.05) is 12.1 Å². The van der Waals surface area contributed by atoms with Gasteiger partial charge in [0.05, 0.1) is 20.8 Å². The summed E-state index contributed by atoms with van der Waals surface area (Å²) in [6, 6.07) is 12.0. The first kappa shape index (κ1) is 21.5. The molecule has 2 rings (SSSR count). The summed E-state index contributed by atoms with van der Waals surface area (Å²) in [5.41, 5.74) is 6.95. The summed E-state index contributed by atoms with van der Waals surface area (Å²) in [7, 11) is 3.11. The molecule has 0 saturated heterocycles. The smallest absolute Gasteiger partial charge is 0.251 e. The van der Waals surface area contributed by atoms with E-state index in [1.54, 1.807) is 62.8 Å². The van der Waals surface area contributed by atoms with E-state index in [9.17, 15) is 14.4 Å². The lowest BCUT2D eigenvalue weighted by Gasteiger charge is -2.07. The van der Waals surface area contributed by atoms with Gasteiger partial charge in [-0.2, -0.15) is 0 Å². The maximum Gasteiger partial charge on any atom is 0.251 e. The van der Waals surface area contributed by atoms with E-state index in [1.165, 1.54) is 6.08 Å². The van der Waals surface area contributed by atoms with Gasteiger partial charge in [-0.15, -0.1) is 0 Å². The molecule has 29 heavy (non-hydrogen) atoms. The molecule has 0 saturated carbocycles. The van der Waals surface area contributed by atoms with Crippen molar-refractivity contribution in [1.29, 1.82) is 0 Å². The Labute approximate surface area is 168 Å². The third-order valence-corrected chi connectivity index (χ3v) is 3.96. The highest BCUT2D eigenvalue weighted by molar-refractivity contribution is 5.96. The van der Waals surface area contributed by atoms with Crippen molar-refractivity contribution in [2.75, 3.05) is 20.8 Å². The molecule has 0 atom stereocenters. The van der Waals surface area contributed by atoms with Crippen LogP contribution in [0.15, 0.2) is 48.5 Å². The molecule has 152 valence electrons.